The van der Waals surface area contributed by atoms with Gasteiger partial charge in [0.05, 0.1) is 5.39 Å². The first-order chi connectivity index (χ1) is 12.1. The lowest BCUT2D eigenvalue weighted by atomic mass is 10.1. The van der Waals surface area contributed by atoms with E-state index in [2.05, 4.69) is 5.10 Å². The highest BCUT2D eigenvalue weighted by molar-refractivity contribution is 6.02. The van der Waals surface area contributed by atoms with Crippen molar-refractivity contribution in [1.29, 1.82) is 0 Å². The zero-order chi connectivity index (χ0) is 17.8. The van der Waals surface area contributed by atoms with Crippen LogP contribution in [0.5, 0.6) is 0 Å². The van der Waals surface area contributed by atoms with Crippen molar-refractivity contribution >= 4 is 16.7 Å². The number of carbonyl (C=O) groups is 1. The van der Waals surface area contributed by atoms with Gasteiger partial charge in [-0.25, -0.2) is 9.48 Å². The molecule has 2 aromatic carbocycles. The maximum atomic E-state index is 12.6. The molecular formula is C20H20N2O3. The molecule has 0 saturated heterocycles. The van der Waals surface area contributed by atoms with Gasteiger partial charge in [-0.05, 0) is 25.0 Å². The van der Waals surface area contributed by atoms with E-state index in [9.17, 15) is 9.59 Å². The molecule has 0 aliphatic rings. The first kappa shape index (κ1) is 16.9. The molecule has 0 fully saturated rings. The minimum atomic E-state index is -0.526. The Kier molecular flexibility index (Phi) is 4.93. The van der Waals surface area contributed by atoms with E-state index in [1.165, 1.54) is 4.68 Å². The van der Waals surface area contributed by atoms with Gasteiger partial charge in [-0.15, -0.1) is 0 Å². The van der Waals surface area contributed by atoms with Crippen LogP contribution >= 0.6 is 0 Å². The van der Waals surface area contributed by atoms with Gasteiger partial charge in [-0.3, -0.25) is 4.79 Å². The molecule has 0 aliphatic heterocycles. The van der Waals surface area contributed by atoms with Crippen LogP contribution in [-0.2, 0) is 17.9 Å². The fourth-order valence-electron chi connectivity index (χ4n) is 2.65. The van der Waals surface area contributed by atoms with Crippen molar-refractivity contribution in [3.8, 4) is 0 Å². The van der Waals surface area contributed by atoms with Crippen LogP contribution in [0.3, 0.4) is 0 Å². The van der Waals surface area contributed by atoms with Crippen molar-refractivity contribution in [2.75, 3.05) is 0 Å². The number of aromatic nitrogens is 2. The van der Waals surface area contributed by atoms with Crippen LogP contribution < -0.4 is 5.56 Å². The van der Waals surface area contributed by atoms with Gasteiger partial charge in [0.25, 0.3) is 5.56 Å². The Morgan fingerprint density at radius 3 is 2.44 bits per heavy atom. The van der Waals surface area contributed by atoms with Gasteiger partial charge >= 0.3 is 5.97 Å². The molecular weight excluding hydrogens is 316 g/mol. The average Bonchev–Trinajstić information content (AvgIpc) is 2.63. The molecule has 0 spiro atoms. The van der Waals surface area contributed by atoms with Crippen LogP contribution in [-0.4, -0.2) is 15.7 Å². The van der Waals surface area contributed by atoms with E-state index in [0.717, 1.165) is 17.5 Å². The third kappa shape index (κ3) is 3.60. The molecule has 5 heteroatoms. The second-order valence-electron chi connectivity index (χ2n) is 5.98. The highest BCUT2D eigenvalue weighted by Crippen LogP contribution is 2.15. The number of ether oxygens (including phenoxy) is 1. The van der Waals surface area contributed by atoms with Crippen LogP contribution in [0.4, 0.5) is 0 Å². The van der Waals surface area contributed by atoms with E-state index >= 15 is 0 Å². The van der Waals surface area contributed by atoms with E-state index in [1.807, 2.05) is 38.1 Å². The van der Waals surface area contributed by atoms with Crippen molar-refractivity contribution in [2.24, 2.45) is 0 Å². The maximum Gasteiger partial charge on any atom is 0.359 e. The predicted molar refractivity (Wildman–Crippen MR) is 96.6 cm³/mol. The van der Waals surface area contributed by atoms with E-state index in [1.54, 1.807) is 24.3 Å². The Bertz CT molecular complexity index is 959. The normalized spacial score (nSPS) is 10.8. The third-order valence-corrected chi connectivity index (χ3v) is 3.99. The van der Waals surface area contributed by atoms with Gasteiger partial charge < -0.3 is 4.74 Å². The zero-order valence-electron chi connectivity index (χ0n) is 14.4. The summed E-state index contributed by atoms with van der Waals surface area (Å²) in [5.41, 5.74) is 2.04. The van der Waals surface area contributed by atoms with Gasteiger partial charge in [0, 0.05) is 11.9 Å². The molecule has 0 bridgehead atoms. The predicted octanol–water partition coefficient (Wildman–Crippen LogP) is 3.47. The summed E-state index contributed by atoms with van der Waals surface area (Å²) in [4.78, 5) is 25.0. The number of nitrogens with zero attached hydrogens (tertiary/aromatic N) is 2. The van der Waals surface area contributed by atoms with E-state index < -0.39 is 5.97 Å². The molecule has 1 heterocycles. The lowest BCUT2D eigenvalue weighted by Crippen LogP contribution is -2.26. The Balaban J connectivity index is 1.93. The maximum absolute atomic E-state index is 12.6. The summed E-state index contributed by atoms with van der Waals surface area (Å²) in [5.74, 6) is -0.526. The fourth-order valence-corrected chi connectivity index (χ4v) is 2.65. The highest BCUT2D eigenvalue weighted by Gasteiger charge is 2.17. The average molecular weight is 336 g/mol. The zero-order valence-corrected chi connectivity index (χ0v) is 14.4. The first-order valence-electron chi connectivity index (χ1n) is 8.32. The quantitative estimate of drug-likeness (QED) is 0.669. The molecule has 0 saturated carbocycles. The van der Waals surface area contributed by atoms with Gasteiger partial charge in [0.15, 0.2) is 5.69 Å². The Morgan fingerprint density at radius 2 is 1.76 bits per heavy atom. The summed E-state index contributed by atoms with van der Waals surface area (Å²) in [5, 5.41) is 5.25. The number of hydrogen-bond donors (Lipinski definition) is 0. The molecule has 25 heavy (non-hydrogen) atoms. The van der Waals surface area contributed by atoms with Crippen molar-refractivity contribution in [1.82, 2.24) is 9.78 Å². The van der Waals surface area contributed by atoms with Gasteiger partial charge in [-0.1, -0.05) is 55.0 Å². The number of rotatable bonds is 5. The Morgan fingerprint density at radius 1 is 1.08 bits per heavy atom. The molecule has 5 nitrogen and oxygen atoms in total. The molecule has 0 radical (unpaired) electrons. The lowest BCUT2D eigenvalue weighted by molar-refractivity contribution is 0.0465. The fraction of sp³-hybridized carbons (Fsp3) is 0.250. The van der Waals surface area contributed by atoms with Gasteiger partial charge in [0.1, 0.15) is 6.61 Å². The van der Waals surface area contributed by atoms with Crippen molar-refractivity contribution in [2.45, 2.75) is 33.4 Å². The summed E-state index contributed by atoms with van der Waals surface area (Å²) >= 11 is 0. The van der Waals surface area contributed by atoms with Crippen LogP contribution in [0, 0.1) is 6.92 Å². The molecule has 3 rings (SSSR count). The van der Waals surface area contributed by atoms with Gasteiger partial charge in [0.2, 0.25) is 0 Å². The second kappa shape index (κ2) is 7.30. The van der Waals surface area contributed by atoms with Crippen LogP contribution in [0.2, 0.25) is 0 Å². The molecule has 0 aliphatic carbocycles. The number of aryl methyl sites for hydroxylation is 2. The molecule has 0 unspecified atom stereocenters. The van der Waals surface area contributed by atoms with Crippen molar-refractivity contribution in [3.63, 3.8) is 0 Å². The first-order valence-corrected chi connectivity index (χ1v) is 8.32. The minimum absolute atomic E-state index is 0.169. The summed E-state index contributed by atoms with van der Waals surface area (Å²) in [6.45, 7) is 4.59. The summed E-state index contributed by atoms with van der Waals surface area (Å²) in [6, 6.07) is 14.8. The standard InChI is InChI=1S/C20H20N2O3/c1-3-12-22-19(23)17-7-5-4-6-16(17)18(21-22)20(24)25-13-15-10-8-14(2)9-11-15/h4-11H,3,12-13H2,1-2H3. The SMILES string of the molecule is CCCn1nc(C(=O)OCc2ccc(C)cc2)c2ccccc2c1=O. The number of benzene rings is 2. The number of carbonyl (C=O) groups excluding carboxylic acids is 1. The number of esters is 1. The number of hydrogen-bond acceptors (Lipinski definition) is 4. The number of fused-ring (bicyclic) bond motifs is 1. The summed E-state index contributed by atoms with van der Waals surface area (Å²) in [6.07, 6.45) is 0.753. The van der Waals surface area contributed by atoms with Crippen LogP contribution in [0.25, 0.3) is 10.8 Å². The Hall–Kier alpha value is -2.95. The molecule has 1 aromatic heterocycles. The minimum Gasteiger partial charge on any atom is -0.456 e. The third-order valence-electron chi connectivity index (χ3n) is 3.99. The molecule has 0 amide bonds. The Labute approximate surface area is 145 Å². The lowest BCUT2D eigenvalue weighted by Gasteiger charge is -2.10. The second-order valence-corrected chi connectivity index (χ2v) is 5.98. The van der Waals surface area contributed by atoms with E-state index in [-0.39, 0.29) is 17.9 Å². The van der Waals surface area contributed by atoms with Gasteiger partial charge in [-0.2, -0.15) is 5.10 Å². The topological polar surface area (TPSA) is 61.2 Å². The summed E-state index contributed by atoms with van der Waals surface area (Å²) in [7, 11) is 0. The van der Waals surface area contributed by atoms with Crippen LogP contribution in [0.15, 0.2) is 53.3 Å². The molecule has 3 aromatic rings. The molecule has 128 valence electrons. The van der Waals surface area contributed by atoms with Crippen molar-refractivity contribution in [3.05, 3.63) is 75.7 Å². The van der Waals surface area contributed by atoms with E-state index in [4.69, 9.17) is 4.74 Å². The molecule has 0 atom stereocenters. The smallest absolute Gasteiger partial charge is 0.359 e. The monoisotopic (exact) mass is 336 g/mol. The van der Waals surface area contributed by atoms with E-state index in [0.29, 0.717) is 17.3 Å². The highest BCUT2D eigenvalue weighted by atomic mass is 16.5. The summed E-state index contributed by atoms with van der Waals surface area (Å²) < 4.78 is 6.76. The molecule has 0 N–H and O–H groups in total. The van der Waals surface area contributed by atoms with Crippen molar-refractivity contribution < 1.29 is 9.53 Å². The largest absolute Gasteiger partial charge is 0.456 e. The van der Waals surface area contributed by atoms with Crippen LogP contribution in [0.1, 0.15) is 35.0 Å².